The Bertz CT molecular complexity index is 418. The van der Waals surface area contributed by atoms with Crippen molar-refractivity contribution in [2.75, 3.05) is 11.9 Å². The van der Waals surface area contributed by atoms with Crippen molar-refractivity contribution in [3.8, 4) is 0 Å². The number of nitrogens with one attached hydrogen (secondary N) is 1. The number of anilines is 1. The van der Waals surface area contributed by atoms with Crippen LogP contribution in [0.15, 0.2) is 18.3 Å². The maximum Gasteiger partial charge on any atom is 0.243 e. The molecule has 68 valence electrons. The normalized spacial score (nSPS) is 10.6. The molecule has 0 fully saturated rings. The van der Waals surface area contributed by atoms with E-state index in [0.29, 0.717) is 5.95 Å². The monoisotopic (exact) mass is 176 g/mol. The largest absolute Gasteiger partial charge is 0.353 e. The van der Waals surface area contributed by atoms with E-state index in [1.54, 1.807) is 4.52 Å². The van der Waals surface area contributed by atoms with Gasteiger partial charge in [-0.1, -0.05) is 6.07 Å². The minimum Gasteiger partial charge on any atom is -0.353 e. The van der Waals surface area contributed by atoms with Crippen molar-refractivity contribution >= 4 is 11.6 Å². The molecule has 1 N–H and O–H groups in total. The van der Waals surface area contributed by atoms with E-state index in [1.807, 2.05) is 32.2 Å². The Hall–Kier alpha value is -1.58. The number of hydrogen-bond acceptors (Lipinski definition) is 3. The summed E-state index contributed by atoms with van der Waals surface area (Å²) >= 11 is 0. The molecule has 0 unspecified atom stereocenters. The molecule has 4 nitrogen and oxygen atoms in total. The van der Waals surface area contributed by atoms with Crippen molar-refractivity contribution < 1.29 is 0 Å². The number of pyridine rings is 1. The van der Waals surface area contributed by atoms with E-state index in [-0.39, 0.29) is 0 Å². The first-order valence-electron chi connectivity index (χ1n) is 4.36. The van der Waals surface area contributed by atoms with Gasteiger partial charge in [-0.2, -0.15) is 4.98 Å². The predicted molar refractivity (Wildman–Crippen MR) is 51.9 cm³/mol. The number of nitrogens with zero attached hydrogens (tertiary/aromatic N) is 3. The molecular weight excluding hydrogens is 164 g/mol. The van der Waals surface area contributed by atoms with Gasteiger partial charge in [-0.05, 0) is 25.5 Å². The second-order valence-electron chi connectivity index (χ2n) is 2.97. The maximum atomic E-state index is 4.28. The van der Waals surface area contributed by atoms with Crippen LogP contribution in [0.4, 0.5) is 5.95 Å². The molecule has 13 heavy (non-hydrogen) atoms. The molecule has 0 aliphatic carbocycles. The highest BCUT2D eigenvalue weighted by atomic mass is 15.3. The van der Waals surface area contributed by atoms with Crippen molar-refractivity contribution in [3.63, 3.8) is 0 Å². The number of fused-ring (bicyclic) bond motifs is 1. The fraction of sp³-hybridized carbons (Fsp3) is 0.333. The zero-order chi connectivity index (χ0) is 9.26. The average molecular weight is 176 g/mol. The van der Waals surface area contributed by atoms with E-state index >= 15 is 0 Å². The average Bonchev–Trinajstić information content (AvgIpc) is 2.46. The standard InChI is InChI=1S/C9H12N4/c1-3-10-9-11-8-5-4-7(2)6-13(8)12-9/h4-6H,3H2,1-2H3,(H,10,12). The summed E-state index contributed by atoms with van der Waals surface area (Å²) < 4.78 is 1.79. The summed E-state index contributed by atoms with van der Waals surface area (Å²) in [5, 5.41) is 7.33. The Kier molecular flexibility index (Phi) is 1.88. The zero-order valence-electron chi connectivity index (χ0n) is 7.78. The van der Waals surface area contributed by atoms with E-state index in [0.717, 1.165) is 12.2 Å². The van der Waals surface area contributed by atoms with Crippen molar-refractivity contribution in [1.29, 1.82) is 0 Å². The minimum absolute atomic E-state index is 0.688. The molecule has 0 atom stereocenters. The lowest BCUT2D eigenvalue weighted by Crippen LogP contribution is -1.98. The third kappa shape index (κ3) is 1.47. The van der Waals surface area contributed by atoms with Gasteiger partial charge < -0.3 is 5.32 Å². The lowest BCUT2D eigenvalue weighted by molar-refractivity contribution is 0.947. The molecule has 0 aliphatic rings. The number of aromatic nitrogens is 3. The van der Waals surface area contributed by atoms with E-state index in [4.69, 9.17) is 0 Å². The van der Waals surface area contributed by atoms with Crippen LogP contribution in [0.1, 0.15) is 12.5 Å². The van der Waals surface area contributed by atoms with E-state index in [9.17, 15) is 0 Å². The van der Waals surface area contributed by atoms with Crippen LogP contribution in [0, 0.1) is 6.92 Å². The molecule has 0 radical (unpaired) electrons. The first-order chi connectivity index (χ1) is 6.29. The van der Waals surface area contributed by atoms with Crippen molar-refractivity contribution in [3.05, 3.63) is 23.9 Å². The molecule has 2 aromatic heterocycles. The quantitative estimate of drug-likeness (QED) is 0.753. The maximum absolute atomic E-state index is 4.28. The van der Waals surface area contributed by atoms with Crippen LogP contribution in [-0.4, -0.2) is 21.1 Å². The fourth-order valence-electron chi connectivity index (χ4n) is 1.22. The van der Waals surface area contributed by atoms with Crippen molar-refractivity contribution in [1.82, 2.24) is 14.6 Å². The Labute approximate surface area is 76.6 Å². The molecule has 0 spiro atoms. The van der Waals surface area contributed by atoms with Crippen LogP contribution in [0.25, 0.3) is 5.65 Å². The number of aryl methyl sites for hydroxylation is 1. The molecule has 0 saturated heterocycles. The molecule has 2 aromatic rings. The smallest absolute Gasteiger partial charge is 0.243 e. The summed E-state index contributed by atoms with van der Waals surface area (Å²) in [6.45, 7) is 4.90. The number of rotatable bonds is 2. The molecule has 0 bridgehead atoms. The Morgan fingerprint density at radius 1 is 1.46 bits per heavy atom. The highest BCUT2D eigenvalue weighted by Crippen LogP contribution is 2.06. The Balaban J connectivity index is 2.49. The van der Waals surface area contributed by atoms with Crippen LogP contribution in [0.5, 0.6) is 0 Å². The third-order valence-electron chi connectivity index (χ3n) is 1.81. The van der Waals surface area contributed by atoms with Gasteiger partial charge in [-0.3, -0.25) is 0 Å². The van der Waals surface area contributed by atoms with Gasteiger partial charge in [0.25, 0.3) is 0 Å². The van der Waals surface area contributed by atoms with E-state index in [2.05, 4.69) is 15.4 Å². The molecule has 0 aliphatic heterocycles. The van der Waals surface area contributed by atoms with Gasteiger partial charge in [0.1, 0.15) is 0 Å². The van der Waals surface area contributed by atoms with Gasteiger partial charge in [-0.25, -0.2) is 4.52 Å². The second-order valence-corrected chi connectivity index (χ2v) is 2.97. The summed E-state index contributed by atoms with van der Waals surface area (Å²) in [6, 6.07) is 3.99. The minimum atomic E-state index is 0.688. The van der Waals surface area contributed by atoms with Crippen molar-refractivity contribution in [2.45, 2.75) is 13.8 Å². The fourth-order valence-corrected chi connectivity index (χ4v) is 1.22. The molecule has 2 heterocycles. The second kappa shape index (κ2) is 3.05. The number of hydrogen-bond donors (Lipinski definition) is 1. The molecule has 4 heteroatoms. The Morgan fingerprint density at radius 3 is 3.08 bits per heavy atom. The summed E-state index contributed by atoms with van der Waals surface area (Å²) in [7, 11) is 0. The van der Waals surface area contributed by atoms with Crippen LogP contribution < -0.4 is 5.32 Å². The first-order valence-corrected chi connectivity index (χ1v) is 4.36. The topological polar surface area (TPSA) is 42.2 Å². The molecule has 0 saturated carbocycles. The van der Waals surface area contributed by atoms with Gasteiger partial charge in [-0.15, -0.1) is 5.10 Å². The van der Waals surface area contributed by atoms with Crippen LogP contribution in [-0.2, 0) is 0 Å². The van der Waals surface area contributed by atoms with Crippen molar-refractivity contribution in [2.24, 2.45) is 0 Å². The highest BCUT2D eigenvalue weighted by molar-refractivity contribution is 5.43. The predicted octanol–water partition coefficient (Wildman–Crippen LogP) is 1.47. The summed E-state index contributed by atoms with van der Waals surface area (Å²) in [5.74, 6) is 0.688. The van der Waals surface area contributed by atoms with Gasteiger partial charge in [0.15, 0.2) is 5.65 Å². The van der Waals surface area contributed by atoms with E-state index < -0.39 is 0 Å². The van der Waals surface area contributed by atoms with Gasteiger partial charge in [0, 0.05) is 12.7 Å². The lowest BCUT2D eigenvalue weighted by Gasteiger charge is -1.92. The zero-order valence-corrected chi connectivity index (χ0v) is 7.78. The third-order valence-corrected chi connectivity index (χ3v) is 1.81. The highest BCUT2D eigenvalue weighted by Gasteiger charge is 2.00. The Morgan fingerprint density at radius 2 is 2.31 bits per heavy atom. The van der Waals surface area contributed by atoms with Gasteiger partial charge in [0.05, 0.1) is 0 Å². The molecule has 2 rings (SSSR count). The first kappa shape index (κ1) is 8.04. The van der Waals surface area contributed by atoms with Crippen LogP contribution >= 0.6 is 0 Å². The van der Waals surface area contributed by atoms with Gasteiger partial charge >= 0.3 is 0 Å². The van der Waals surface area contributed by atoms with Crippen LogP contribution in [0.2, 0.25) is 0 Å². The SMILES string of the molecule is CCNc1nc2ccc(C)cn2n1. The molecular formula is C9H12N4. The summed E-state index contributed by atoms with van der Waals surface area (Å²) in [6.07, 6.45) is 1.96. The van der Waals surface area contributed by atoms with E-state index in [1.165, 1.54) is 5.56 Å². The van der Waals surface area contributed by atoms with Crippen LogP contribution in [0.3, 0.4) is 0 Å². The summed E-state index contributed by atoms with van der Waals surface area (Å²) in [4.78, 5) is 4.28. The summed E-state index contributed by atoms with van der Waals surface area (Å²) in [5.41, 5.74) is 2.06. The molecule has 0 amide bonds. The molecule has 0 aromatic carbocycles. The van der Waals surface area contributed by atoms with Gasteiger partial charge in [0.2, 0.25) is 5.95 Å². The lowest BCUT2D eigenvalue weighted by atomic mass is 10.3.